The Labute approximate surface area is 160 Å². The normalized spacial score (nSPS) is 10.6. The number of carbonyl (C=O) groups excluding carboxylic acids is 1. The number of carbonyl (C=O) groups is 1. The molecule has 27 heavy (non-hydrogen) atoms. The van der Waals surface area contributed by atoms with Crippen molar-refractivity contribution in [2.75, 3.05) is 6.61 Å². The average Bonchev–Trinajstić information content (AvgIpc) is 3.12. The zero-order valence-corrected chi connectivity index (χ0v) is 15.3. The fourth-order valence-electron chi connectivity index (χ4n) is 2.39. The molecule has 0 aliphatic rings. The van der Waals surface area contributed by atoms with Gasteiger partial charge in [0.2, 0.25) is 17.6 Å². The molecule has 1 aromatic heterocycles. The molecular weight excluding hydrogens is 373 g/mol. The van der Waals surface area contributed by atoms with E-state index in [1.807, 2.05) is 31.2 Å². The molecular formula is C19H17ClFN3O3. The first-order valence-electron chi connectivity index (χ1n) is 8.31. The van der Waals surface area contributed by atoms with Crippen molar-refractivity contribution in [3.05, 3.63) is 64.8 Å². The van der Waals surface area contributed by atoms with E-state index in [0.717, 1.165) is 11.3 Å². The predicted molar refractivity (Wildman–Crippen MR) is 97.9 cm³/mol. The fourth-order valence-corrected chi connectivity index (χ4v) is 2.54. The lowest BCUT2D eigenvalue weighted by Gasteiger charge is -2.04. The van der Waals surface area contributed by atoms with Crippen molar-refractivity contribution in [2.24, 2.45) is 0 Å². The second-order valence-corrected chi connectivity index (χ2v) is 6.09. The van der Waals surface area contributed by atoms with Gasteiger partial charge in [-0.15, -0.1) is 0 Å². The maximum Gasteiger partial charge on any atom is 0.246 e. The molecule has 3 aromatic rings. The van der Waals surface area contributed by atoms with E-state index >= 15 is 0 Å². The van der Waals surface area contributed by atoms with Gasteiger partial charge in [-0.3, -0.25) is 4.79 Å². The van der Waals surface area contributed by atoms with Crippen molar-refractivity contribution in [3.8, 4) is 17.1 Å². The van der Waals surface area contributed by atoms with Crippen LogP contribution in [0, 0.1) is 5.82 Å². The Bertz CT molecular complexity index is 928. The highest BCUT2D eigenvalue weighted by Crippen LogP contribution is 2.20. The van der Waals surface area contributed by atoms with Crippen LogP contribution in [0.15, 0.2) is 47.0 Å². The van der Waals surface area contributed by atoms with Gasteiger partial charge in [-0.1, -0.05) is 22.8 Å². The van der Waals surface area contributed by atoms with E-state index in [2.05, 4.69) is 15.5 Å². The van der Waals surface area contributed by atoms with Crippen LogP contribution in [0.4, 0.5) is 4.39 Å². The molecule has 1 heterocycles. The van der Waals surface area contributed by atoms with Crippen LogP contribution >= 0.6 is 11.6 Å². The quantitative estimate of drug-likeness (QED) is 0.665. The number of hydrogen-bond donors (Lipinski definition) is 1. The SMILES string of the molecule is CCOc1ccc(-c2noc(CNC(=O)Cc3ccc(Cl)cc3F)n2)cc1. The van der Waals surface area contributed by atoms with E-state index in [9.17, 15) is 9.18 Å². The summed E-state index contributed by atoms with van der Waals surface area (Å²) in [6.45, 7) is 2.55. The molecule has 0 aliphatic heterocycles. The summed E-state index contributed by atoms with van der Waals surface area (Å²) >= 11 is 5.70. The zero-order valence-electron chi connectivity index (χ0n) is 14.5. The molecule has 0 bridgehead atoms. The van der Waals surface area contributed by atoms with Crippen LogP contribution in [0.3, 0.4) is 0 Å². The van der Waals surface area contributed by atoms with E-state index in [1.165, 1.54) is 18.2 Å². The maximum atomic E-state index is 13.7. The molecule has 140 valence electrons. The summed E-state index contributed by atoms with van der Waals surface area (Å²) in [5, 5.41) is 6.80. The van der Waals surface area contributed by atoms with Gasteiger partial charge in [-0.25, -0.2) is 4.39 Å². The molecule has 1 N–H and O–H groups in total. The Hall–Kier alpha value is -2.93. The third-order valence-electron chi connectivity index (χ3n) is 3.69. The summed E-state index contributed by atoms with van der Waals surface area (Å²) in [7, 11) is 0. The van der Waals surface area contributed by atoms with Gasteiger partial charge in [0.1, 0.15) is 11.6 Å². The van der Waals surface area contributed by atoms with Gasteiger partial charge in [0, 0.05) is 10.6 Å². The molecule has 2 aromatic carbocycles. The van der Waals surface area contributed by atoms with E-state index < -0.39 is 5.82 Å². The molecule has 0 saturated carbocycles. The van der Waals surface area contributed by atoms with Gasteiger partial charge in [-0.2, -0.15) is 4.98 Å². The second-order valence-electron chi connectivity index (χ2n) is 5.66. The third kappa shape index (κ3) is 5.04. The molecule has 0 atom stereocenters. The van der Waals surface area contributed by atoms with E-state index in [1.54, 1.807) is 0 Å². The molecule has 0 aliphatic carbocycles. The highest BCUT2D eigenvalue weighted by atomic mass is 35.5. The molecule has 0 spiro atoms. The standard InChI is InChI=1S/C19H17ClFN3O3/c1-2-26-15-7-4-12(5-8-15)19-23-18(27-24-19)11-22-17(25)9-13-3-6-14(20)10-16(13)21/h3-8,10H,2,9,11H2,1H3,(H,22,25). The molecule has 3 rings (SSSR count). The fraction of sp³-hybridized carbons (Fsp3) is 0.211. The van der Waals surface area contributed by atoms with Crippen molar-refractivity contribution in [3.63, 3.8) is 0 Å². The van der Waals surface area contributed by atoms with Crippen LogP contribution in [-0.2, 0) is 17.8 Å². The van der Waals surface area contributed by atoms with Gasteiger partial charge >= 0.3 is 0 Å². The van der Waals surface area contributed by atoms with Crippen LogP contribution in [0.1, 0.15) is 18.4 Å². The van der Waals surface area contributed by atoms with E-state index in [4.69, 9.17) is 20.9 Å². The summed E-state index contributed by atoms with van der Waals surface area (Å²) in [4.78, 5) is 16.2. The third-order valence-corrected chi connectivity index (χ3v) is 3.93. The maximum absolute atomic E-state index is 13.7. The first kappa shape index (κ1) is 18.8. The summed E-state index contributed by atoms with van der Waals surface area (Å²) < 4.78 is 24.3. The van der Waals surface area contributed by atoms with Crippen molar-refractivity contribution < 1.29 is 18.4 Å². The minimum atomic E-state index is -0.520. The lowest BCUT2D eigenvalue weighted by molar-refractivity contribution is -0.120. The van der Waals surface area contributed by atoms with Crippen LogP contribution < -0.4 is 10.1 Å². The number of rotatable bonds is 7. The number of ether oxygens (including phenoxy) is 1. The molecule has 0 unspecified atom stereocenters. The topological polar surface area (TPSA) is 77.3 Å². The van der Waals surface area contributed by atoms with Crippen molar-refractivity contribution in [1.82, 2.24) is 15.5 Å². The number of amides is 1. The smallest absolute Gasteiger partial charge is 0.246 e. The minimum absolute atomic E-state index is 0.0536. The van der Waals surface area contributed by atoms with Crippen molar-refractivity contribution in [2.45, 2.75) is 19.9 Å². The van der Waals surface area contributed by atoms with Crippen LogP contribution in [0.5, 0.6) is 5.75 Å². The number of aromatic nitrogens is 2. The number of benzene rings is 2. The lowest BCUT2D eigenvalue weighted by atomic mass is 10.1. The molecule has 0 fully saturated rings. The first-order valence-corrected chi connectivity index (χ1v) is 8.69. The number of nitrogens with zero attached hydrogens (tertiary/aromatic N) is 2. The number of halogens is 2. The van der Waals surface area contributed by atoms with Crippen LogP contribution in [0.2, 0.25) is 5.02 Å². The molecule has 6 nitrogen and oxygen atoms in total. The number of hydrogen-bond acceptors (Lipinski definition) is 5. The minimum Gasteiger partial charge on any atom is -0.494 e. The summed E-state index contributed by atoms with van der Waals surface area (Å²) in [5.74, 6) is 0.534. The number of nitrogens with one attached hydrogen (secondary N) is 1. The van der Waals surface area contributed by atoms with Gasteiger partial charge in [-0.05, 0) is 48.9 Å². The van der Waals surface area contributed by atoms with Gasteiger partial charge in [0.15, 0.2) is 0 Å². The van der Waals surface area contributed by atoms with Crippen LogP contribution in [-0.4, -0.2) is 22.7 Å². The van der Waals surface area contributed by atoms with Gasteiger partial charge < -0.3 is 14.6 Å². The van der Waals surface area contributed by atoms with E-state index in [0.29, 0.717) is 12.4 Å². The predicted octanol–water partition coefficient (Wildman–Crippen LogP) is 3.79. The summed E-state index contributed by atoms with van der Waals surface area (Å²) in [6.07, 6.45) is -0.108. The second kappa shape index (κ2) is 8.64. The van der Waals surface area contributed by atoms with Gasteiger partial charge in [0.05, 0.1) is 19.6 Å². The Kier molecular flexibility index (Phi) is 6.03. The highest BCUT2D eigenvalue weighted by molar-refractivity contribution is 6.30. The Morgan fingerprint density at radius 2 is 2.04 bits per heavy atom. The highest BCUT2D eigenvalue weighted by Gasteiger charge is 2.12. The summed E-state index contributed by atoms with van der Waals surface area (Å²) in [6, 6.07) is 11.5. The largest absolute Gasteiger partial charge is 0.494 e. The Morgan fingerprint density at radius 3 is 2.74 bits per heavy atom. The summed E-state index contributed by atoms with van der Waals surface area (Å²) in [5.41, 5.74) is 1.03. The van der Waals surface area contributed by atoms with Crippen LogP contribution in [0.25, 0.3) is 11.4 Å². The van der Waals surface area contributed by atoms with E-state index in [-0.39, 0.29) is 35.3 Å². The molecule has 1 amide bonds. The lowest BCUT2D eigenvalue weighted by Crippen LogP contribution is -2.25. The van der Waals surface area contributed by atoms with Crippen molar-refractivity contribution >= 4 is 17.5 Å². The molecule has 0 saturated heterocycles. The zero-order chi connectivity index (χ0) is 19.2. The average molecular weight is 390 g/mol. The van der Waals surface area contributed by atoms with Crippen molar-refractivity contribution in [1.29, 1.82) is 0 Å². The molecule has 0 radical (unpaired) electrons. The molecule has 8 heteroatoms. The van der Waals surface area contributed by atoms with Gasteiger partial charge in [0.25, 0.3) is 0 Å². The monoisotopic (exact) mass is 389 g/mol. The Balaban J connectivity index is 1.56. The Morgan fingerprint density at radius 1 is 1.26 bits per heavy atom. The first-order chi connectivity index (χ1) is 13.0.